The largest absolute Gasteiger partial charge is 0.455 e. The topological polar surface area (TPSA) is 102 Å². The number of aromatic nitrogens is 4. The Morgan fingerprint density at radius 3 is 2.61 bits per heavy atom. The molecule has 1 amide bonds. The van der Waals surface area contributed by atoms with Crippen LogP contribution in [0, 0.1) is 13.8 Å². The minimum Gasteiger partial charge on any atom is -0.455 e. The number of hydrogen-bond donors (Lipinski definition) is 1. The maximum atomic E-state index is 12.2. The predicted octanol–water partition coefficient (Wildman–Crippen LogP) is 5.24. The van der Waals surface area contributed by atoms with E-state index in [9.17, 15) is 4.79 Å². The molecule has 1 fully saturated rings. The summed E-state index contributed by atoms with van der Waals surface area (Å²) in [6.45, 7) is 7.92. The quantitative estimate of drug-likeness (QED) is 0.502. The van der Waals surface area contributed by atoms with E-state index >= 15 is 0 Å². The number of halogens is 1. The van der Waals surface area contributed by atoms with Gasteiger partial charge in [0.15, 0.2) is 0 Å². The number of aryl methyl sites for hydroxylation is 2. The third-order valence-corrected chi connectivity index (χ3v) is 5.52. The zero-order chi connectivity index (χ0) is 23.5. The van der Waals surface area contributed by atoms with E-state index in [1.807, 2.05) is 32.9 Å². The number of carbonyl (C=O) groups is 1. The van der Waals surface area contributed by atoms with Gasteiger partial charge in [-0.15, -0.1) is 0 Å². The summed E-state index contributed by atoms with van der Waals surface area (Å²) in [6, 6.07) is 10.6. The lowest BCUT2D eigenvalue weighted by atomic mass is 10.2. The van der Waals surface area contributed by atoms with Crippen LogP contribution >= 0.6 is 11.6 Å². The maximum absolute atomic E-state index is 12.2. The van der Waals surface area contributed by atoms with Crippen molar-refractivity contribution >= 4 is 29.6 Å². The lowest BCUT2D eigenvalue weighted by Crippen LogP contribution is -2.34. The molecule has 0 aliphatic carbocycles. The normalized spacial score (nSPS) is 16.5. The Kier molecular flexibility index (Phi) is 6.60. The van der Waals surface area contributed by atoms with E-state index < -0.39 is 6.09 Å². The van der Waals surface area contributed by atoms with E-state index in [-0.39, 0.29) is 18.0 Å². The fourth-order valence-electron chi connectivity index (χ4n) is 3.46. The number of carbonyl (C=O) groups excluding carboxylic acids is 1. The van der Waals surface area contributed by atoms with Gasteiger partial charge in [0.05, 0.1) is 23.5 Å². The van der Waals surface area contributed by atoms with Crippen molar-refractivity contribution in [1.29, 1.82) is 0 Å². The van der Waals surface area contributed by atoms with E-state index in [0.29, 0.717) is 34.9 Å². The van der Waals surface area contributed by atoms with E-state index in [2.05, 4.69) is 25.3 Å². The Labute approximate surface area is 197 Å². The summed E-state index contributed by atoms with van der Waals surface area (Å²) >= 11 is 5.93. The molecule has 1 N–H and O–H groups in total. The van der Waals surface area contributed by atoms with E-state index in [1.54, 1.807) is 31.2 Å². The molecule has 172 valence electrons. The van der Waals surface area contributed by atoms with Crippen LogP contribution in [0.5, 0.6) is 11.5 Å². The second-order valence-electron chi connectivity index (χ2n) is 7.76. The molecular weight excluding hydrogens is 444 g/mol. The average molecular weight is 469 g/mol. The molecule has 1 aliphatic rings. The van der Waals surface area contributed by atoms with Crippen molar-refractivity contribution in [2.75, 3.05) is 16.8 Å². The molecule has 3 heterocycles. The first-order chi connectivity index (χ1) is 15.8. The molecule has 0 radical (unpaired) electrons. The molecular formula is C23H25ClN6O3. The van der Waals surface area contributed by atoms with Gasteiger partial charge in [-0.25, -0.2) is 9.69 Å². The van der Waals surface area contributed by atoms with Crippen LogP contribution in [0.3, 0.4) is 0 Å². The summed E-state index contributed by atoms with van der Waals surface area (Å²) in [7, 11) is 0. The molecule has 1 aliphatic heterocycles. The third-order valence-electron chi connectivity index (χ3n) is 5.27. The zero-order valence-corrected chi connectivity index (χ0v) is 19.6. The SMILES string of the molecule is CCC1COC(=O)N1c1nc(C)nc(N[C@@H](C)c2ccc(Oc3ccc(Cl)cc3)c(C)n2)n1. The van der Waals surface area contributed by atoms with Gasteiger partial charge in [0.2, 0.25) is 11.9 Å². The Bertz CT molecular complexity index is 1160. The van der Waals surface area contributed by atoms with E-state index in [4.69, 9.17) is 21.1 Å². The summed E-state index contributed by atoms with van der Waals surface area (Å²) in [5, 5.41) is 3.90. The maximum Gasteiger partial charge on any atom is 0.417 e. The Balaban J connectivity index is 1.50. The highest BCUT2D eigenvalue weighted by Crippen LogP contribution is 2.28. The van der Waals surface area contributed by atoms with Crippen molar-refractivity contribution < 1.29 is 14.3 Å². The predicted molar refractivity (Wildman–Crippen MR) is 125 cm³/mol. The number of benzene rings is 1. The Morgan fingerprint density at radius 1 is 1.15 bits per heavy atom. The first-order valence-corrected chi connectivity index (χ1v) is 11.1. The number of pyridine rings is 1. The highest BCUT2D eigenvalue weighted by molar-refractivity contribution is 6.30. The van der Waals surface area contributed by atoms with Gasteiger partial charge in [-0.3, -0.25) is 4.98 Å². The van der Waals surface area contributed by atoms with Crippen molar-refractivity contribution in [3.63, 3.8) is 0 Å². The van der Waals surface area contributed by atoms with Gasteiger partial charge in [0, 0.05) is 5.02 Å². The van der Waals surface area contributed by atoms with Gasteiger partial charge in [0.1, 0.15) is 23.9 Å². The first kappa shape index (κ1) is 22.7. The monoisotopic (exact) mass is 468 g/mol. The number of amides is 1. The second kappa shape index (κ2) is 9.58. The molecule has 4 rings (SSSR count). The van der Waals surface area contributed by atoms with Gasteiger partial charge in [-0.2, -0.15) is 15.0 Å². The molecule has 33 heavy (non-hydrogen) atoms. The van der Waals surface area contributed by atoms with Crippen LogP contribution in [-0.2, 0) is 4.74 Å². The van der Waals surface area contributed by atoms with Gasteiger partial charge in [-0.05, 0) is 63.6 Å². The molecule has 10 heteroatoms. The molecule has 0 saturated carbocycles. The summed E-state index contributed by atoms with van der Waals surface area (Å²) in [5.74, 6) is 2.48. The fourth-order valence-corrected chi connectivity index (χ4v) is 3.59. The highest BCUT2D eigenvalue weighted by Gasteiger charge is 2.35. The Morgan fingerprint density at radius 2 is 1.91 bits per heavy atom. The van der Waals surface area contributed by atoms with Crippen molar-refractivity contribution in [3.8, 4) is 11.5 Å². The smallest absolute Gasteiger partial charge is 0.417 e. The Hall–Kier alpha value is -3.46. The van der Waals surface area contributed by atoms with Crippen LogP contribution in [0.25, 0.3) is 0 Å². The number of hydrogen-bond acceptors (Lipinski definition) is 8. The minimum absolute atomic E-state index is 0.0953. The third kappa shape index (κ3) is 5.14. The number of ether oxygens (including phenoxy) is 2. The molecule has 2 atom stereocenters. The highest BCUT2D eigenvalue weighted by atomic mass is 35.5. The number of cyclic esters (lactones) is 1. The van der Waals surface area contributed by atoms with Gasteiger partial charge in [-0.1, -0.05) is 18.5 Å². The molecule has 1 unspecified atom stereocenters. The molecule has 0 bridgehead atoms. The second-order valence-corrected chi connectivity index (χ2v) is 8.19. The lowest BCUT2D eigenvalue weighted by Gasteiger charge is -2.20. The number of nitrogens with one attached hydrogen (secondary N) is 1. The molecule has 2 aromatic heterocycles. The molecule has 1 saturated heterocycles. The molecule has 3 aromatic rings. The van der Waals surface area contributed by atoms with Crippen LogP contribution in [0.1, 0.15) is 43.5 Å². The summed E-state index contributed by atoms with van der Waals surface area (Å²) in [4.78, 5) is 31.5. The first-order valence-electron chi connectivity index (χ1n) is 10.7. The van der Waals surface area contributed by atoms with Crippen molar-refractivity contribution in [1.82, 2.24) is 19.9 Å². The van der Waals surface area contributed by atoms with Crippen LogP contribution < -0.4 is 15.0 Å². The van der Waals surface area contributed by atoms with Crippen LogP contribution in [0.4, 0.5) is 16.7 Å². The minimum atomic E-state index is -0.444. The van der Waals surface area contributed by atoms with Crippen molar-refractivity contribution in [2.45, 2.75) is 46.2 Å². The van der Waals surface area contributed by atoms with Crippen LogP contribution in [-0.4, -0.2) is 38.7 Å². The van der Waals surface area contributed by atoms with Gasteiger partial charge >= 0.3 is 6.09 Å². The summed E-state index contributed by atoms with van der Waals surface area (Å²) in [6.07, 6.45) is 0.295. The van der Waals surface area contributed by atoms with E-state index in [0.717, 1.165) is 17.8 Å². The van der Waals surface area contributed by atoms with E-state index in [1.165, 1.54) is 4.90 Å². The van der Waals surface area contributed by atoms with Crippen LogP contribution in [0.2, 0.25) is 5.02 Å². The number of rotatable bonds is 7. The summed E-state index contributed by atoms with van der Waals surface area (Å²) < 4.78 is 11.1. The lowest BCUT2D eigenvalue weighted by molar-refractivity contribution is 0.178. The fraction of sp³-hybridized carbons (Fsp3) is 0.348. The van der Waals surface area contributed by atoms with Gasteiger partial charge < -0.3 is 14.8 Å². The van der Waals surface area contributed by atoms with Gasteiger partial charge in [0.25, 0.3) is 0 Å². The van der Waals surface area contributed by atoms with Crippen molar-refractivity contribution in [3.05, 3.63) is 58.6 Å². The number of anilines is 2. The number of nitrogens with zero attached hydrogens (tertiary/aromatic N) is 5. The molecule has 9 nitrogen and oxygen atoms in total. The standard InChI is InChI=1S/C23H25ClN6O3/c1-5-17-12-32-23(31)30(17)22-28-15(4)27-21(29-22)26-13(2)19-10-11-20(14(3)25-19)33-18-8-6-16(24)7-9-18/h6-11,13,17H,5,12H2,1-4H3,(H,26,27,28,29)/t13-,17?/m0/s1. The molecule has 0 spiro atoms. The van der Waals surface area contributed by atoms with Crippen molar-refractivity contribution in [2.24, 2.45) is 0 Å². The summed E-state index contributed by atoms with van der Waals surface area (Å²) in [5.41, 5.74) is 1.54. The molecule has 1 aromatic carbocycles. The average Bonchev–Trinajstić information content (AvgIpc) is 3.16. The van der Waals surface area contributed by atoms with Crippen LogP contribution in [0.15, 0.2) is 36.4 Å². The zero-order valence-electron chi connectivity index (χ0n) is 18.9.